The molecule has 2 aliphatic rings. The van der Waals surface area contributed by atoms with E-state index in [2.05, 4.69) is 5.32 Å². The smallest absolute Gasteiger partial charge is 0.308 e. The summed E-state index contributed by atoms with van der Waals surface area (Å²) in [6.07, 6.45) is 0. The fourth-order valence-corrected chi connectivity index (χ4v) is 8.64. The Labute approximate surface area is 258 Å². The van der Waals surface area contributed by atoms with Gasteiger partial charge in [-0.25, -0.2) is 4.90 Å². The third-order valence-electron chi connectivity index (χ3n) is 7.86. The normalized spacial score (nSPS) is 19.1. The molecule has 7 rings (SSSR count). The van der Waals surface area contributed by atoms with Gasteiger partial charge in [0.1, 0.15) is 11.8 Å². The number of rotatable bonds is 6. The minimum Gasteiger partial charge on any atom is -0.325 e. The molecule has 0 spiro atoms. The van der Waals surface area contributed by atoms with Gasteiger partial charge in [0.15, 0.2) is 0 Å². The molecule has 0 aliphatic carbocycles. The lowest BCUT2D eigenvalue weighted by atomic mass is 9.83. The number of aromatic nitrogens is 1. The number of imide groups is 1. The molecule has 1 aromatic heterocycles. The lowest BCUT2D eigenvalue weighted by Crippen LogP contribution is -2.33. The second-order valence-electron chi connectivity index (χ2n) is 10.5. The van der Waals surface area contributed by atoms with Crippen LogP contribution in [0.15, 0.2) is 107 Å². The number of fused-ring (bicyclic) bond motifs is 3. The number of nitro benzene ring substituents is 1. The van der Waals surface area contributed by atoms with Gasteiger partial charge < -0.3 is 5.32 Å². The molecule has 2 aliphatic heterocycles. The molecule has 10 nitrogen and oxygen atoms in total. The Morgan fingerprint density at radius 2 is 1.57 bits per heavy atom. The molecule has 0 bridgehead atoms. The maximum Gasteiger partial charge on any atom is 0.308 e. The van der Waals surface area contributed by atoms with E-state index >= 15 is 0 Å². The fraction of sp³-hybridized carbons (Fsp3) is 0.125. The van der Waals surface area contributed by atoms with Gasteiger partial charge in [-0.2, -0.15) is 0 Å². The molecular weight excluding hydrogens is 601 g/mol. The van der Waals surface area contributed by atoms with Crippen LogP contribution in [0.3, 0.4) is 0 Å². The lowest BCUT2D eigenvalue weighted by molar-refractivity contribution is -0.384. The zero-order valence-corrected chi connectivity index (χ0v) is 24.4. The summed E-state index contributed by atoms with van der Waals surface area (Å²) in [5.74, 6) is -2.73. The Morgan fingerprint density at radius 3 is 2.30 bits per heavy atom. The number of nitrogens with one attached hydrogen (secondary N) is 1. The van der Waals surface area contributed by atoms with Gasteiger partial charge >= 0.3 is 4.87 Å². The van der Waals surface area contributed by atoms with Gasteiger partial charge in [0.05, 0.1) is 21.6 Å². The van der Waals surface area contributed by atoms with E-state index in [-0.39, 0.29) is 22.8 Å². The highest BCUT2D eigenvalue weighted by molar-refractivity contribution is 8.00. The number of thioether (sulfide) groups is 1. The molecule has 44 heavy (non-hydrogen) atoms. The van der Waals surface area contributed by atoms with Crippen LogP contribution in [0.25, 0.3) is 10.8 Å². The van der Waals surface area contributed by atoms with Crippen molar-refractivity contribution in [1.29, 1.82) is 0 Å². The number of hydrogen-bond donors (Lipinski definition) is 1. The minimum absolute atomic E-state index is 0.157. The van der Waals surface area contributed by atoms with Gasteiger partial charge in [-0.3, -0.25) is 33.9 Å². The molecule has 1 fully saturated rings. The standard InChI is InChI=1S/C32H22N4O6S2/c37-24(33-21-11-10-18-6-4-5-9-20(18)16-21)17-34-31-28(44-32(34)40)25(19-7-2-1-3-8-19)26-27(43-31)30(39)35(29(26)38)22-12-14-23(15-13-22)36(41)42/h1-16,25-27H,17H2,(H,33,37)/t25-,26-,27+/m0/s1. The number of nitrogens with zero attached hydrogens (tertiary/aromatic N) is 3. The summed E-state index contributed by atoms with van der Waals surface area (Å²) < 4.78 is 1.37. The van der Waals surface area contributed by atoms with Crippen LogP contribution in [-0.2, 0) is 20.9 Å². The first-order valence-electron chi connectivity index (χ1n) is 13.7. The molecule has 1 saturated heterocycles. The second kappa shape index (κ2) is 10.9. The molecule has 1 N–H and O–H groups in total. The molecule has 12 heteroatoms. The van der Waals surface area contributed by atoms with Crippen LogP contribution in [0.4, 0.5) is 17.1 Å². The number of nitro groups is 1. The number of anilines is 2. The van der Waals surface area contributed by atoms with Crippen molar-refractivity contribution < 1.29 is 19.3 Å². The Kier molecular flexibility index (Phi) is 6.87. The topological polar surface area (TPSA) is 132 Å². The first-order valence-corrected chi connectivity index (χ1v) is 15.4. The third-order valence-corrected chi connectivity index (χ3v) is 10.5. The van der Waals surface area contributed by atoms with Crippen LogP contribution in [0.5, 0.6) is 0 Å². The zero-order valence-electron chi connectivity index (χ0n) is 22.8. The van der Waals surface area contributed by atoms with E-state index in [4.69, 9.17) is 0 Å². The van der Waals surface area contributed by atoms with Crippen molar-refractivity contribution in [1.82, 2.24) is 4.57 Å². The zero-order chi connectivity index (χ0) is 30.5. The first-order chi connectivity index (χ1) is 21.3. The predicted octanol–water partition coefficient (Wildman–Crippen LogP) is 5.41. The van der Waals surface area contributed by atoms with Crippen LogP contribution < -0.4 is 15.1 Å². The Balaban J connectivity index is 1.24. The van der Waals surface area contributed by atoms with Crippen molar-refractivity contribution in [2.45, 2.75) is 22.7 Å². The predicted molar refractivity (Wildman–Crippen MR) is 168 cm³/mol. The van der Waals surface area contributed by atoms with E-state index in [1.165, 1.54) is 28.8 Å². The molecule has 3 amide bonds. The molecule has 218 valence electrons. The van der Waals surface area contributed by atoms with Gasteiger partial charge in [0.25, 0.3) is 5.69 Å². The van der Waals surface area contributed by atoms with E-state index in [1.54, 1.807) is 6.07 Å². The van der Waals surface area contributed by atoms with Gasteiger partial charge in [0, 0.05) is 28.6 Å². The molecule has 0 unspecified atom stereocenters. The average molecular weight is 623 g/mol. The summed E-state index contributed by atoms with van der Waals surface area (Å²) in [7, 11) is 0. The quantitative estimate of drug-likeness (QED) is 0.152. The number of non-ortho nitro benzene ring substituents is 1. The Hall–Kier alpha value is -5.07. The number of carbonyl (C=O) groups is 3. The highest BCUT2D eigenvalue weighted by Crippen LogP contribution is 2.53. The van der Waals surface area contributed by atoms with Crippen molar-refractivity contribution >= 4 is 68.7 Å². The van der Waals surface area contributed by atoms with Gasteiger partial charge in [-0.15, -0.1) is 0 Å². The maximum absolute atomic E-state index is 13.9. The van der Waals surface area contributed by atoms with Crippen LogP contribution in [-0.4, -0.2) is 32.5 Å². The first kappa shape index (κ1) is 27.7. The van der Waals surface area contributed by atoms with Crippen molar-refractivity contribution in [2.24, 2.45) is 5.92 Å². The fourth-order valence-electron chi connectivity index (χ4n) is 5.86. The van der Waals surface area contributed by atoms with E-state index in [0.717, 1.165) is 44.3 Å². The second-order valence-corrected chi connectivity index (χ2v) is 12.6. The SMILES string of the molecule is O=C(Cn1c2c(sc1=O)[C@@H](c1ccccc1)[C@@H]1C(=O)N(c3ccc([N+](=O)[O-])cc3)C(=O)[C@@H]1S2)Nc1ccc2ccccc2c1. The maximum atomic E-state index is 13.9. The highest BCUT2D eigenvalue weighted by Gasteiger charge is 2.56. The number of thiazole rings is 1. The van der Waals surface area contributed by atoms with Crippen molar-refractivity contribution in [3.63, 3.8) is 0 Å². The van der Waals surface area contributed by atoms with Crippen molar-refractivity contribution in [2.75, 3.05) is 10.2 Å². The number of amides is 3. The van der Waals surface area contributed by atoms with E-state index < -0.39 is 39.7 Å². The van der Waals surface area contributed by atoms with Crippen LogP contribution in [0.1, 0.15) is 16.4 Å². The van der Waals surface area contributed by atoms with Crippen LogP contribution in [0.2, 0.25) is 0 Å². The molecule has 3 atom stereocenters. The van der Waals surface area contributed by atoms with E-state index in [9.17, 15) is 29.3 Å². The summed E-state index contributed by atoms with van der Waals surface area (Å²) in [6.45, 7) is -0.266. The summed E-state index contributed by atoms with van der Waals surface area (Å²) in [6, 6.07) is 27.8. The summed E-state index contributed by atoms with van der Waals surface area (Å²) in [5.41, 5.74) is 1.44. The van der Waals surface area contributed by atoms with E-state index in [0.29, 0.717) is 15.6 Å². The van der Waals surface area contributed by atoms with E-state index in [1.807, 2.05) is 66.7 Å². The summed E-state index contributed by atoms with van der Waals surface area (Å²) in [5, 5.41) is 15.6. The van der Waals surface area contributed by atoms with Crippen LogP contribution in [0, 0.1) is 16.0 Å². The minimum atomic E-state index is -0.862. The highest BCUT2D eigenvalue weighted by atomic mass is 32.2. The number of benzene rings is 4. The molecule has 0 radical (unpaired) electrons. The van der Waals surface area contributed by atoms with Crippen molar-refractivity contribution in [3.05, 3.63) is 127 Å². The van der Waals surface area contributed by atoms with Crippen molar-refractivity contribution in [3.8, 4) is 0 Å². The number of hydrogen-bond acceptors (Lipinski definition) is 8. The monoisotopic (exact) mass is 622 g/mol. The Morgan fingerprint density at radius 1 is 0.864 bits per heavy atom. The molecule has 0 saturated carbocycles. The third kappa shape index (κ3) is 4.68. The lowest BCUT2D eigenvalue weighted by Gasteiger charge is -2.30. The molecule has 3 heterocycles. The average Bonchev–Trinajstić information content (AvgIpc) is 3.47. The van der Waals surface area contributed by atoms with Crippen LogP contribution >= 0.6 is 23.1 Å². The summed E-state index contributed by atoms with van der Waals surface area (Å²) >= 11 is 2.09. The summed E-state index contributed by atoms with van der Waals surface area (Å²) in [4.78, 5) is 66.3. The van der Waals surface area contributed by atoms with Gasteiger partial charge in [0.2, 0.25) is 17.7 Å². The molecular formula is C32H22N4O6S2. The van der Waals surface area contributed by atoms with Gasteiger partial charge in [-0.1, -0.05) is 83.8 Å². The Bertz CT molecular complexity index is 2040. The molecule has 4 aromatic carbocycles. The largest absolute Gasteiger partial charge is 0.325 e. The van der Waals surface area contributed by atoms with Gasteiger partial charge in [-0.05, 0) is 40.6 Å². The molecule has 5 aromatic rings. The number of carbonyl (C=O) groups excluding carboxylic acids is 3.